The second kappa shape index (κ2) is 8.20. The van der Waals surface area contributed by atoms with E-state index in [1.165, 1.54) is 7.11 Å². The number of methoxy groups -OCH3 is 1. The van der Waals surface area contributed by atoms with Crippen molar-refractivity contribution in [3.63, 3.8) is 0 Å². The van der Waals surface area contributed by atoms with Gasteiger partial charge >= 0.3 is 0 Å². The number of nitrogens with zero attached hydrogens (tertiary/aromatic N) is 4. The zero-order valence-electron chi connectivity index (χ0n) is 15.3. The maximum Gasteiger partial charge on any atom is 0.243 e. The zero-order valence-corrected chi connectivity index (χ0v) is 16.2. The molecule has 1 aliphatic heterocycles. The van der Waals surface area contributed by atoms with Gasteiger partial charge in [-0.2, -0.15) is 4.31 Å². The second-order valence-corrected chi connectivity index (χ2v) is 8.25. The van der Waals surface area contributed by atoms with Gasteiger partial charge in [-0.05, 0) is 12.1 Å². The van der Waals surface area contributed by atoms with E-state index in [1.54, 1.807) is 28.6 Å². The molecule has 26 heavy (non-hydrogen) atoms. The second-order valence-electron chi connectivity index (χ2n) is 6.32. The monoisotopic (exact) mass is 378 g/mol. The molecule has 1 aliphatic rings. The van der Waals surface area contributed by atoms with Crippen LogP contribution in [0.3, 0.4) is 0 Å². The smallest absolute Gasteiger partial charge is 0.243 e. The lowest BCUT2D eigenvalue weighted by Gasteiger charge is -2.34. The molecule has 0 radical (unpaired) electrons. The van der Waals surface area contributed by atoms with Gasteiger partial charge in [0.05, 0.1) is 12.0 Å². The number of aryl methyl sites for hydroxylation is 1. The van der Waals surface area contributed by atoms with Crippen LogP contribution in [0.4, 0.5) is 0 Å². The summed E-state index contributed by atoms with van der Waals surface area (Å²) in [6.45, 7) is 6.36. The Hall–Kier alpha value is -1.90. The lowest BCUT2D eigenvalue weighted by Crippen LogP contribution is -2.49. The maximum atomic E-state index is 12.8. The van der Waals surface area contributed by atoms with E-state index in [0.29, 0.717) is 18.8 Å². The van der Waals surface area contributed by atoms with E-state index in [0.717, 1.165) is 38.4 Å². The Morgan fingerprint density at radius 3 is 2.62 bits per heavy atom. The van der Waals surface area contributed by atoms with Crippen LogP contribution in [0.2, 0.25) is 0 Å². The van der Waals surface area contributed by atoms with Gasteiger partial charge in [-0.1, -0.05) is 13.0 Å². The molecule has 0 unspecified atom stereocenters. The van der Waals surface area contributed by atoms with Crippen LogP contribution in [0.5, 0.6) is 5.75 Å². The van der Waals surface area contributed by atoms with Crippen molar-refractivity contribution >= 4 is 10.0 Å². The number of piperazine rings is 1. The van der Waals surface area contributed by atoms with Crippen molar-refractivity contribution in [2.75, 3.05) is 39.8 Å². The highest BCUT2D eigenvalue weighted by Crippen LogP contribution is 2.21. The van der Waals surface area contributed by atoms with Gasteiger partial charge in [0.2, 0.25) is 10.0 Å². The fraction of sp³-hybridized carbons (Fsp3) is 0.500. The molecule has 1 aromatic carbocycles. The van der Waals surface area contributed by atoms with Crippen LogP contribution < -0.4 is 4.74 Å². The van der Waals surface area contributed by atoms with Crippen LogP contribution in [-0.2, 0) is 23.0 Å². The number of hydrogen-bond donors (Lipinski definition) is 0. The summed E-state index contributed by atoms with van der Waals surface area (Å²) in [6.07, 6.45) is 4.75. The van der Waals surface area contributed by atoms with E-state index in [1.807, 2.05) is 12.4 Å². The van der Waals surface area contributed by atoms with E-state index >= 15 is 0 Å². The molecule has 0 aliphatic carbocycles. The largest absolute Gasteiger partial charge is 0.497 e. The predicted molar refractivity (Wildman–Crippen MR) is 99.8 cm³/mol. The van der Waals surface area contributed by atoms with E-state index in [2.05, 4.69) is 21.4 Å². The van der Waals surface area contributed by atoms with Crippen molar-refractivity contribution in [1.82, 2.24) is 18.8 Å². The van der Waals surface area contributed by atoms with Crippen molar-refractivity contribution in [3.05, 3.63) is 42.5 Å². The van der Waals surface area contributed by atoms with E-state index in [4.69, 9.17) is 4.74 Å². The molecule has 8 heteroatoms. The first-order valence-electron chi connectivity index (χ1n) is 8.91. The van der Waals surface area contributed by atoms with E-state index in [-0.39, 0.29) is 4.90 Å². The minimum Gasteiger partial charge on any atom is -0.497 e. The van der Waals surface area contributed by atoms with Gasteiger partial charge in [0.25, 0.3) is 0 Å². The van der Waals surface area contributed by atoms with Crippen LogP contribution in [0, 0.1) is 0 Å². The van der Waals surface area contributed by atoms with Crippen LogP contribution in [0.15, 0.2) is 41.6 Å². The van der Waals surface area contributed by atoms with Crippen molar-refractivity contribution < 1.29 is 13.2 Å². The first-order chi connectivity index (χ1) is 12.5. The summed E-state index contributed by atoms with van der Waals surface area (Å²) >= 11 is 0. The highest BCUT2D eigenvalue weighted by Gasteiger charge is 2.28. The van der Waals surface area contributed by atoms with Crippen molar-refractivity contribution in [2.45, 2.75) is 24.8 Å². The molecular weight excluding hydrogens is 352 g/mol. The third-order valence-electron chi connectivity index (χ3n) is 4.79. The summed E-state index contributed by atoms with van der Waals surface area (Å²) in [6, 6.07) is 6.65. The Morgan fingerprint density at radius 2 is 1.92 bits per heavy atom. The Kier molecular flexibility index (Phi) is 5.95. The SMILES string of the molecule is CCc1nccn1CCN1CCN(S(=O)(=O)c2cccc(OC)c2)CC1. The van der Waals surface area contributed by atoms with Crippen LogP contribution >= 0.6 is 0 Å². The molecule has 7 nitrogen and oxygen atoms in total. The fourth-order valence-electron chi connectivity index (χ4n) is 3.21. The molecule has 3 rings (SSSR count). The first kappa shape index (κ1) is 18.9. The number of hydrogen-bond acceptors (Lipinski definition) is 5. The molecule has 1 aromatic heterocycles. The highest BCUT2D eigenvalue weighted by molar-refractivity contribution is 7.89. The number of aromatic nitrogens is 2. The van der Waals surface area contributed by atoms with Gasteiger partial charge in [-0.25, -0.2) is 13.4 Å². The molecule has 142 valence electrons. The van der Waals surface area contributed by atoms with Crippen LogP contribution in [0.25, 0.3) is 0 Å². The first-order valence-corrected chi connectivity index (χ1v) is 10.3. The number of rotatable bonds is 7. The third kappa shape index (κ3) is 4.08. The quantitative estimate of drug-likeness (QED) is 0.730. The highest BCUT2D eigenvalue weighted by atomic mass is 32.2. The lowest BCUT2D eigenvalue weighted by atomic mass is 10.3. The van der Waals surface area contributed by atoms with Gasteiger partial charge in [0, 0.05) is 64.1 Å². The maximum absolute atomic E-state index is 12.8. The number of sulfonamides is 1. The van der Waals surface area contributed by atoms with Gasteiger partial charge < -0.3 is 9.30 Å². The number of ether oxygens (including phenoxy) is 1. The average Bonchev–Trinajstić information content (AvgIpc) is 3.14. The predicted octanol–water partition coefficient (Wildman–Crippen LogP) is 1.46. The van der Waals surface area contributed by atoms with Crippen LogP contribution in [-0.4, -0.2) is 67.0 Å². The minimum atomic E-state index is -3.48. The van der Waals surface area contributed by atoms with Crippen molar-refractivity contribution in [1.29, 1.82) is 0 Å². The van der Waals surface area contributed by atoms with Crippen molar-refractivity contribution in [2.24, 2.45) is 0 Å². The molecule has 0 saturated carbocycles. The molecule has 0 amide bonds. The summed E-state index contributed by atoms with van der Waals surface area (Å²) in [5.41, 5.74) is 0. The zero-order chi connectivity index (χ0) is 18.6. The molecule has 0 bridgehead atoms. The summed E-state index contributed by atoms with van der Waals surface area (Å²) in [5, 5.41) is 0. The Morgan fingerprint density at radius 1 is 1.15 bits per heavy atom. The van der Waals surface area contributed by atoms with E-state index < -0.39 is 10.0 Å². The lowest BCUT2D eigenvalue weighted by molar-refractivity contribution is 0.182. The third-order valence-corrected chi connectivity index (χ3v) is 6.68. The van der Waals surface area contributed by atoms with Crippen molar-refractivity contribution in [3.8, 4) is 5.75 Å². The molecule has 1 fully saturated rings. The van der Waals surface area contributed by atoms with Gasteiger partial charge in [0.1, 0.15) is 11.6 Å². The molecule has 0 N–H and O–H groups in total. The molecular formula is C18H26N4O3S. The Bertz CT molecular complexity index is 826. The minimum absolute atomic E-state index is 0.288. The van der Waals surface area contributed by atoms with Gasteiger partial charge in [-0.3, -0.25) is 4.90 Å². The van der Waals surface area contributed by atoms with E-state index in [9.17, 15) is 8.42 Å². The summed E-state index contributed by atoms with van der Waals surface area (Å²) < 4.78 is 34.5. The molecule has 2 heterocycles. The molecule has 1 saturated heterocycles. The standard InChI is InChI=1S/C18H26N4O3S/c1-3-18-19-7-8-21(18)12-9-20-10-13-22(14-11-20)26(23,24)17-6-4-5-16(15-17)25-2/h4-8,15H,3,9-14H2,1-2H3. The Balaban J connectivity index is 1.57. The molecule has 0 spiro atoms. The molecule has 2 aromatic rings. The summed E-state index contributed by atoms with van der Waals surface area (Å²) in [5.74, 6) is 1.64. The molecule has 0 atom stereocenters. The summed E-state index contributed by atoms with van der Waals surface area (Å²) in [4.78, 5) is 6.93. The van der Waals surface area contributed by atoms with Crippen LogP contribution in [0.1, 0.15) is 12.7 Å². The van der Waals surface area contributed by atoms with Gasteiger partial charge in [-0.15, -0.1) is 0 Å². The normalized spacial score (nSPS) is 16.7. The average molecular weight is 378 g/mol. The topological polar surface area (TPSA) is 67.7 Å². The Labute approximate surface area is 155 Å². The fourth-order valence-corrected chi connectivity index (χ4v) is 4.67. The number of benzene rings is 1. The number of imidazole rings is 1. The van der Waals surface area contributed by atoms with Gasteiger partial charge in [0.15, 0.2) is 0 Å². The summed E-state index contributed by atoms with van der Waals surface area (Å²) in [7, 11) is -1.94.